The van der Waals surface area contributed by atoms with Gasteiger partial charge in [-0.25, -0.2) is 4.68 Å². The number of fused-ring (bicyclic) bond motifs is 1. The number of benzene rings is 2. The Hall–Kier alpha value is -4.72. The monoisotopic (exact) mass is 538 g/mol. The number of hydrogen-bond acceptors (Lipinski definition) is 8. The van der Waals surface area contributed by atoms with Crippen LogP contribution in [0.25, 0.3) is 10.9 Å². The third kappa shape index (κ3) is 4.81. The zero-order chi connectivity index (χ0) is 26.9. The predicted molar refractivity (Wildman–Crippen MR) is 148 cm³/mol. The molecule has 5 aromatic rings. The molecule has 1 saturated heterocycles. The number of halogens is 1. The number of rotatable bonds is 7. The van der Waals surface area contributed by atoms with E-state index in [0.717, 1.165) is 11.3 Å². The molecule has 39 heavy (non-hydrogen) atoms. The van der Waals surface area contributed by atoms with Gasteiger partial charge >= 0.3 is 0 Å². The maximum atomic E-state index is 11.9. The van der Waals surface area contributed by atoms with E-state index >= 15 is 0 Å². The molecule has 4 heterocycles. The lowest BCUT2D eigenvalue weighted by Gasteiger charge is -2.25. The number of nitrogens with one attached hydrogen (secondary N) is 2. The molecule has 1 aliphatic heterocycles. The fraction of sp³-hybridized carbons (Fsp3) is 0.179. The summed E-state index contributed by atoms with van der Waals surface area (Å²) in [5.74, 6) is 0. The molecule has 0 aliphatic carbocycles. The van der Waals surface area contributed by atoms with Crippen LogP contribution in [0.4, 0.5) is 17.1 Å². The molecule has 2 N–H and O–H groups in total. The number of anilines is 3. The highest BCUT2D eigenvalue weighted by Gasteiger charge is 2.25. The summed E-state index contributed by atoms with van der Waals surface area (Å²) in [4.78, 5) is 16.5. The molecule has 6 rings (SSSR count). The van der Waals surface area contributed by atoms with Gasteiger partial charge in [-0.05, 0) is 23.8 Å². The zero-order valence-electron chi connectivity index (χ0n) is 20.9. The van der Waals surface area contributed by atoms with Gasteiger partial charge in [-0.3, -0.25) is 9.78 Å². The highest BCUT2D eigenvalue weighted by molar-refractivity contribution is 6.32. The molecule has 0 bridgehead atoms. The number of nitriles is 1. The van der Waals surface area contributed by atoms with Crippen LogP contribution in [0.1, 0.15) is 28.9 Å². The Morgan fingerprint density at radius 2 is 1.97 bits per heavy atom. The van der Waals surface area contributed by atoms with E-state index in [1.165, 1.54) is 16.8 Å². The molecule has 11 heteroatoms. The number of nitrogens with zero attached hydrogens (tertiary/aromatic N) is 6. The fourth-order valence-corrected chi connectivity index (χ4v) is 4.73. The lowest BCUT2D eigenvalue weighted by Crippen LogP contribution is -2.31. The van der Waals surface area contributed by atoms with E-state index in [1.807, 2.05) is 41.2 Å². The van der Waals surface area contributed by atoms with Crippen molar-refractivity contribution < 1.29 is 4.74 Å². The number of pyridine rings is 2. The minimum Gasteiger partial charge on any atom is -0.377 e. The SMILES string of the molecule is Cn1cc(Nc2c(C#N)cnc3c(N[C@@H](c4ccccc4)c4cn(C5COC5)nn4)cc(Cl)cc23)ccc1=O. The van der Waals surface area contributed by atoms with E-state index in [-0.39, 0.29) is 17.6 Å². The van der Waals surface area contributed by atoms with Crippen LogP contribution in [0.5, 0.6) is 0 Å². The van der Waals surface area contributed by atoms with Gasteiger partial charge in [-0.2, -0.15) is 5.26 Å². The highest BCUT2D eigenvalue weighted by atomic mass is 35.5. The predicted octanol–water partition coefficient (Wildman–Crippen LogP) is 4.57. The van der Waals surface area contributed by atoms with E-state index in [0.29, 0.717) is 51.8 Å². The number of aryl methyl sites for hydroxylation is 1. The van der Waals surface area contributed by atoms with Gasteiger partial charge in [0.2, 0.25) is 5.56 Å². The largest absolute Gasteiger partial charge is 0.377 e. The summed E-state index contributed by atoms with van der Waals surface area (Å²) in [6.07, 6.45) is 5.12. The second-order valence-electron chi connectivity index (χ2n) is 9.30. The minimum absolute atomic E-state index is 0.135. The third-order valence-electron chi connectivity index (χ3n) is 6.66. The molecule has 10 nitrogen and oxygen atoms in total. The van der Waals surface area contributed by atoms with Gasteiger partial charge in [-0.1, -0.05) is 47.1 Å². The molecule has 194 valence electrons. The van der Waals surface area contributed by atoms with Crippen molar-refractivity contribution in [2.24, 2.45) is 7.05 Å². The first-order chi connectivity index (χ1) is 19.0. The van der Waals surface area contributed by atoms with E-state index in [1.54, 1.807) is 31.4 Å². The molecule has 2 aromatic carbocycles. The van der Waals surface area contributed by atoms with Crippen molar-refractivity contribution in [1.82, 2.24) is 24.5 Å². The summed E-state index contributed by atoms with van der Waals surface area (Å²) < 4.78 is 8.61. The minimum atomic E-state index is -0.347. The molecule has 0 spiro atoms. The first-order valence-corrected chi connectivity index (χ1v) is 12.6. The summed E-state index contributed by atoms with van der Waals surface area (Å²) in [6.45, 7) is 1.23. The maximum absolute atomic E-state index is 11.9. The van der Waals surface area contributed by atoms with E-state index in [9.17, 15) is 10.1 Å². The van der Waals surface area contributed by atoms with Gasteiger partial charge in [0, 0.05) is 35.9 Å². The molecular formula is C28H23ClN8O2. The summed E-state index contributed by atoms with van der Waals surface area (Å²) in [6, 6.07) is 18.7. The summed E-state index contributed by atoms with van der Waals surface area (Å²) >= 11 is 6.62. The van der Waals surface area contributed by atoms with Crippen LogP contribution in [-0.2, 0) is 11.8 Å². The normalized spacial score (nSPS) is 14.0. The van der Waals surface area contributed by atoms with Crippen molar-refractivity contribution in [3.8, 4) is 6.07 Å². The Kier molecular flexibility index (Phi) is 6.44. The first kappa shape index (κ1) is 24.6. The third-order valence-corrected chi connectivity index (χ3v) is 6.88. The van der Waals surface area contributed by atoms with Crippen molar-refractivity contribution in [3.05, 3.63) is 105 Å². The topological polar surface area (TPSA) is 123 Å². The Balaban J connectivity index is 1.45. The van der Waals surface area contributed by atoms with E-state index in [2.05, 4.69) is 32.0 Å². The lowest BCUT2D eigenvalue weighted by atomic mass is 10.0. The van der Waals surface area contributed by atoms with Gasteiger partial charge in [0.1, 0.15) is 17.8 Å². The summed E-state index contributed by atoms with van der Waals surface area (Å²) in [7, 11) is 1.67. The molecule has 1 atom stereocenters. The van der Waals surface area contributed by atoms with Crippen LogP contribution in [0, 0.1) is 11.3 Å². The second kappa shape index (κ2) is 10.2. The average Bonchev–Trinajstić information content (AvgIpc) is 3.38. The Morgan fingerprint density at radius 3 is 2.69 bits per heavy atom. The van der Waals surface area contributed by atoms with Gasteiger partial charge < -0.3 is 19.9 Å². The van der Waals surface area contributed by atoms with Crippen molar-refractivity contribution >= 4 is 39.6 Å². The second-order valence-corrected chi connectivity index (χ2v) is 9.74. The van der Waals surface area contributed by atoms with Crippen LogP contribution >= 0.6 is 11.6 Å². The van der Waals surface area contributed by atoms with Crippen LogP contribution in [0.2, 0.25) is 5.02 Å². The molecule has 3 aromatic heterocycles. The molecule has 0 unspecified atom stereocenters. The fourth-order valence-electron chi connectivity index (χ4n) is 4.52. The highest BCUT2D eigenvalue weighted by Crippen LogP contribution is 2.37. The van der Waals surface area contributed by atoms with Crippen molar-refractivity contribution in [2.75, 3.05) is 23.8 Å². The maximum Gasteiger partial charge on any atom is 0.250 e. The first-order valence-electron chi connectivity index (χ1n) is 12.3. The molecule has 1 aliphatic rings. The molecular weight excluding hydrogens is 516 g/mol. The van der Waals surface area contributed by atoms with Gasteiger partial charge in [0.15, 0.2) is 0 Å². The van der Waals surface area contributed by atoms with Crippen molar-refractivity contribution in [2.45, 2.75) is 12.1 Å². The smallest absolute Gasteiger partial charge is 0.250 e. The summed E-state index contributed by atoms with van der Waals surface area (Å²) in [5.41, 5.74) is 4.40. The van der Waals surface area contributed by atoms with Gasteiger partial charge in [0.25, 0.3) is 0 Å². The molecule has 0 saturated carbocycles. The standard InChI is InChI=1S/C28H23ClN8O2/c1-36-13-20(7-8-25(36)38)32-26-18(11-30)12-31-28-22(26)9-19(29)10-23(28)33-27(17-5-3-2-4-6-17)24-14-37(35-34-24)21-15-39-16-21/h2-10,12-14,21,27,33H,15-16H2,1H3,(H,31,32)/t27-/m0/s1. The zero-order valence-corrected chi connectivity index (χ0v) is 21.6. The average molecular weight is 539 g/mol. The van der Waals surface area contributed by atoms with Crippen LogP contribution in [0.15, 0.2) is 78.0 Å². The van der Waals surface area contributed by atoms with Crippen LogP contribution in [0.3, 0.4) is 0 Å². The molecule has 0 amide bonds. The number of ether oxygens (including phenoxy) is 1. The molecule has 0 radical (unpaired) electrons. The summed E-state index contributed by atoms with van der Waals surface area (Å²) in [5, 5.41) is 26.6. The Morgan fingerprint density at radius 1 is 1.15 bits per heavy atom. The van der Waals surface area contributed by atoms with Crippen LogP contribution < -0.4 is 16.2 Å². The number of hydrogen-bond donors (Lipinski definition) is 2. The van der Waals surface area contributed by atoms with E-state index < -0.39 is 0 Å². The molecule has 1 fully saturated rings. The van der Waals surface area contributed by atoms with Crippen molar-refractivity contribution in [1.29, 1.82) is 5.26 Å². The Bertz CT molecular complexity index is 1770. The quantitative estimate of drug-likeness (QED) is 0.309. The Labute approximate surface area is 228 Å². The van der Waals surface area contributed by atoms with Crippen molar-refractivity contribution in [3.63, 3.8) is 0 Å². The van der Waals surface area contributed by atoms with E-state index in [4.69, 9.17) is 16.3 Å². The van der Waals surface area contributed by atoms with Gasteiger partial charge in [0.05, 0.1) is 53.6 Å². The van der Waals surface area contributed by atoms with Crippen LogP contribution in [-0.4, -0.2) is 37.8 Å². The van der Waals surface area contributed by atoms with Gasteiger partial charge in [-0.15, -0.1) is 5.10 Å². The number of aromatic nitrogens is 5. The lowest BCUT2D eigenvalue weighted by molar-refractivity contribution is -0.0293.